The molecule has 32 heavy (non-hydrogen) atoms. The Labute approximate surface area is 184 Å². The molecule has 0 unspecified atom stereocenters. The van der Waals surface area contributed by atoms with Gasteiger partial charge in [0.05, 0.1) is 6.33 Å². The predicted octanol–water partition coefficient (Wildman–Crippen LogP) is 3.83. The highest BCUT2D eigenvalue weighted by Gasteiger charge is 2.22. The number of benzene rings is 2. The number of carbonyl (C=O) groups excluding carboxylic acids is 3. The Hall–Kier alpha value is -4.01. The molecule has 0 aliphatic carbocycles. The molecule has 9 heteroatoms. The lowest BCUT2D eigenvalue weighted by Crippen LogP contribution is -2.33. The molecule has 0 saturated carbocycles. The summed E-state index contributed by atoms with van der Waals surface area (Å²) in [7, 11) is 0. The second-order valence-corrected chi connectivity index (χ2v) is 8.36. The van der Waals surface area contributed by atoms with E-state index in [1.54, 1.807) is 24.3 Å². The van der Waals surface area contributed by atoms with E-state index < -0.39 is 17.6 Å². The lowest BCUT2D eigenvalue weighted by Gasteiger charge is -2.18. The van der Waals surface area contributed by atoms with E-state index in [4.69, 9.17) is 0 Å². The number of anilines is 2. The number of H-pyrrole nitrogens is 1. The predicted molar refractivity (Wildman–Crippen MR) is 119 cm³/mol. The molecule has 0 spiro atoms. The van der Waals surface area contributed by atoms with Crippen molar-refractivity contribution in [3.8, 4) is 0 Å². The fourth-order valence-electron chi connectivity index (χ4n) is 2.71. The second-order valence-electron chi connectivity index (χ2n) is 8.36. The maximum atomic E-state index is 13.0. The molecule has 1 aromatic heterocycles. The van der Waals surface area contributed by atoms with Crippen molar-refractivity contribution in [1.82, 2.24) is 15.3 Å². The van der Waals surface area contributed by atoms with Crippen LogP contribution < -0.4 is 16.0 Å². The van der Waals surface area contributed by atoms with Crippen LogP contribution in [0.4, 0.5) is 15.8 Å². The molecule has 0 saturated heterocycles. The van der Waals surface area contributed by atoms with Crippen molar-refractivity contribution in [1.29, 1.82) is 0 Å². The van der Waals surface area contributed by atoms with E-state index in [1.807, 2.05) is 20.8 Å². The fourth-order valence-corrected chi connectivity index (χ4v) is 2.71. The van der Waals surface area contributed by atoms with Gasteiger partial charge in [-0.2, -0.15) is 0 Å². The number of hydrogen-bond donors (Lipinski definition) is 4. The van der Waals surface area contributed by atoms with Crippen molar-refractivity contribution in [2.75, 3.05) is 17.2 Å². The van der Waals surface area contributed by atoms with Crippen LogP contribution in [0.15, 0.2) is 54.9 Å². The zero-order valence-corrected chi connectivity index (χ0v) is 18.0. The molecule has 0 bridgehead atoms. The average Bonchev–Trinajstić information content (AvgIpc) is 3.23. The summed E-state index contributed by atoms with van der Waals surface area (Å²) in [6.07, 6.45) is 1.29. The number of imidazole rings is 1. The molecule has 8 nitrogen and oxygen atoms in total. The Morgan fingerprint density at radius 2 is 1.44 bits per heavy atom. The van der Waals surface area contributed by atoms with Gasteiger partial charge in [0.25, 0.3) is 17.7 Å². The van der Waals surface area contributed by atoms with E-state index in [0.717, 1.165) is 0 Å². The molecule has 0 aliphatic rings. The molecule has 0 aliphatic heterocycles. The number of halogens is 1. The van der Waals surface area contributed by atoms with E-state index in [-0.39, 0.29) is 22.7 Å². The number of aromatic amines is 1. The Morgan fingerprint density at radius 1 is 0.875 bits per heavy atom. The number of nitrogens with zero attached hydrogens (tertiary/aromatic N) is 1. The molecular weight excluding hydrogens is 413 g/mol. The number of hydrogen-bond acceptors (Lipinski definition) is 4. The van der Waals surface area contributed by atoms with Crippen LogP contribution >= 0.6 is 0 Å². The molecule has 3 aromatic rings. The van der Waals surface area contributed by atoms with Crippen molar-refractivity contribution in [3.05, 3.63) is 77.6 Å². The van der Waals surface area contributed by atoms with Crippen LogP contribution in [0.25, 0.3) is 0 Å². The van der Waals surface area contributed by atoms with Gasteiger partial charge in [-0.15, -0.1) is 0 Å². The van der Waals surface area contributed by atoms with Gasteiger partial charge in [0.15, 0.2) is 5.69 Å². The third-order valence-corrected chi connectivity index (χ3v) is 4.37. The smallest absolute Gasteiger partial charge is 0.276 e. The highest BCUT2D eigenvalue weighted by atomic mass is 19.1. The molecule has 2 aromatic carbocycles. The minimum absolute atomic E-state index is 0.0231. The molecule has 1 heterocycles. The summed E-state index contributed by atoms with van der Waals surface area (Å²) in [6, 6.07) is 11.6. The topological polar surface area (TPSA) is 116 Å². The Kier molecular flexibility index (Phi) is 6.67. The van der Waals surface area contributed by atoms with Crippen LogP contribution in [-0.4, -0.2) is 34.2 Å². The minimum Gasteiger partial charge on any atom is -0.350 e. The largest absolute Gasteiger partial charge is 0.350 e. The van der Waals surface area contributed by atoms with Gasteiger partial charge < -0.3 is 20.9 Å². The van der Waals surface area contributed by atoms with E-state index in [9.17, 15) is 18.8 Å². The van der Waals surface area contributed by atoms with E-state index in [0.29, 0.717) is 23.5 Å². The van der Waals surface area contributed by atoms with Crippen LogP contribution in [0.5, 0.6) is 0 Å². The summed E-state index contributed by atoms with van der Waals surface area (Å²) < 4.78 is 13.0. The third kappa shape index (κ3) is 6.00. The van der Waals surface area contributed by atoms with Gasteiger partial charge in [-0.25, -0.2) is 9.37 Å². The molecular formula is C23H24FN5O3. The summed E-state index contributed by atoms with van der Waals surface area (Å²) in [4.78, 5) is 43.9. The summed E-state index contributed by atoms with van der Waals surface area (Å²) in [5.74, 6) is -1.77. The molecule has 0 fully saturated rings. The van der Waals surface area contributed by atoms with E-state index in [2.05, 4.69) is 25.9 Å². The lowest BCUT2D eigenvalue weighted by atomic mass is 9.97. The van der Waals surface area contributed by atoms with Gasteiger partial charge in [0.1, 0.15) is 11.5 Å². The van der Waals surface area contributed by atoms with Crippen molar-refractivity contribution < 1.29 is 18.8 Å². The van der Waals surface area contributed by atoms with Crippen molar-refractivity contribution in [2.45, 2.75) is 20.8 Å². The standard InChI is InChI=1S/C23H24FN5O3/c1-23(2,3)12-25-21(31)18-19(27-13-26-18)22(32)29-17-10-8-16(9-11-17)28-20(30)14-4-6-15(24)7-5-14/h4-11,13H,12H2,1-3H3,(H,25,31)(H,26,27)(H,28,30)(H,29,32). The number of rotatable bonds is 6. The number of aromatic nitrogens is 2. The quantitative estimate of drug-likeness (QED) is 0.469. The van der Waals surface area contributed by atoms with Gasteiger partial charge in [-0.3, -0.25) is 14.4 Å². The molecule has 3 amide bonds. The Morgan fingerprint density at radius 3 is 2.00 bits per heavy atom. The van der Waals surface area contributed by atoms with E-state index in [1.165, 1.54) is 30.6 Å². The highest BCUT2D eigenvalue weighted by Crippen LogP contribution is 2.17. The maximum Gasteiger partial charge on any atom is 0.276 e. The minimum atomic E-state index is -0.546. The fraction of sp³-hybridized carbons (Fsp3) is 0.217. The van der Waals surface area contributed by atoms with Crippen molar-refractivity contribution in [2.24, 2.45) is 5.41 Å². The first kappa shape index (κ1) is 22.7. The Balaban J connectivity index is 1.62. The second kappa shape index (κ2) is 9.42. The number of nitrogens with one attached hydrogen (secondary N) is 4. The van der Waals surface area contributed by atoms with Crippen LogP contribution in [0.2, 0.25) is 0 Å². The SMILES string of the molecule is CC(C)(C)CNC(=O)c1[nH]cnc1C(=O)Nc1ccc(NC(=O)c2ccc(F)cc2)cc1. The van der Waals surface area contributed by atoms with Crippen molar-refractivity contribution >= 4 is 29.1 Å². The van der Waals surface area contributed by atoms with E-state index >= 15 is 0 Å². The summed E-state index contributed by atoms with van der Waals surface area (Å²) in [6.45, 7) is 6.40. The third-order valence-electron chi connectivity index (χ3n) is 4.37. The first-order chi connectivity index (χ1) is 15.1. The zero-order valence-electron chi connectivity index (χ0n) is 18.0. The number of carbonyl (C=O) groups is 3. The highest BCUT2D eigenvalue weighted by molar-refractivity contribution is 6.10. The first-order valence-electron chi connectivity index (χ1n) is 9.92. The zero-order chi connectivity index (χ0) is 23.3. The van der Waals surface area contributed by atoms with Gasteiger partial charge in [0.2, 0.25) is 0 Å². The van der Waals surface area contributed by atoms with Crippen LogP contribution in [0.3, 0.4) is 0 Å². The van der Waals surface area contributed by atoms with Gasteiger partial charge in [0, 0.05) is 23.5 Å². The normalized spacial score (nSPS) is 11.0. The van der Waals surface area contributed by atoms with Gasteiger partial charge >= 0.3 is 0 Å². The van der Waals surface area contributed by atoms with Crippen LogP contribution in [0, 0.1) is 11.2 Å². The average molecular weight is 437 g/mol. The van der Waals surface area contributed by atoms with Gasteiger partial charge in [-0.1, -0.05) is 20.8 Å². The molecule has 3 rings (SSSR count). The summed E-state index contributed by atoms with van der Waals surface area (Å²) in [5, 5.41) is 8.14. The molecule has 4 N–H and O–H groups in total. The Bertz CT molecular complexity index is 1120. The lowest BCUT2D eigenvalue weighted by molar-refractivity contribution is 0.0923. The van der Waals surface area contributed by atoms with Crippen LogP contribution in [-0.2, 0) is 0 Å². The summed E-state index contributed by atoms with van der Waals surface area (Å²) in [5.41, 5.74) is 1.23. The van der Waals surface area contributed by atoms with Gasteiger partial charge in [-0.05, 0) is 53.9 Å². The maximum absolute atomic E-state index is 13.0. The monoisotopic (exact) mass is 437 g/mol. The first-order valence-corrected chi connectivity index (χ1v) is 9.92. The summed E-state index contributed by atoms with van der Waals surface area (Å²) >= 11 is 0. The molecule has 0 atom stereocenters. The van der Waals surface area contributed by atoms with Crippen LogP contribution in [0.1, 0.15) is 52.1 Å². The molecule has 166 valence electrons. The number of amides is 3. The van der Waals surface area contributed by atoms with Crippen molar-refractivity contribution in [3.63, 3.8) is 0 Å². The molecule has 0 radical (unpaired) electrons.